The normalized spacial score (nSPS) is 22.1. The molecule has 1 heterocycles. The zero-order chi connectivity index (χ0) is 13.8. The van der Waals surface area contributed by atoms with Crippen molar-refractivity contribution in [3.8, 4) is 11.1 Å². The Hall–Kier alpha value is -1.64. The van der Waals surface area contributed by atoms with Crippen LogP contribution in [-0.2, 0) is 11.2 Å². The quantitative estimate of drug-likeness (QED) is 0.920. The van der Waals surface area contributed by atoms with Crippen molar-refractivity contribution in [3.63, 3.8) is 0 Å². The summed E-state index contributed by atoms with van der Waals surface area (Å²) in [4.78, 5) is 0. The maximum atomic E-state index is 9.09. The molecule has 2 nitrogen and oxygen atoms in total. The van der Waals surface area contributed by atoms with Gasteiger partial charge in [0.15, 0.2) is 0 Å². The number of ether oxygens (including phenoxy) is 1. The number of hydrogen-bond donors (Lipinski definition) is 1. The molecular formula is C18H20O2. The van der Waals surface area contributed by atoms with Gasteiger partial charge in [-0.3, -0.25) is 0 Å². The molecule has 1 N–H and O–H groups in total. The SMILES string of the molecule is OC[C@@H]1CC[C@@H](Cc2ccc(-c3ccccc3)cc2)O1. The van der Waals surface area contributed by atoms with Crippen LogP contribution in [0.1, 0.15) is 18.4 Å². The molecule has 2 aromatic carbocycles. The minimum atomic E-state index is 0.0450. The Balaban J connectivity index is 1.65. The van der Waals surface area contributed by atoms with E-state index in [1.807, 2.05) is 6.07 Å². The molecule has 0 bridgehead atoms. The Morgan fingerprint density at radius 2 is 1.50 bits per heavy atom. The van der Waals surface area contributed by atoms with Crippen molar-refractivity contribution in [2.24, 2.45) is 0 Å². The van der Waals surface area contributed by atoms with Crippen LogP contribution in [0, 0.1) is 0 Å². The van der Waals surface area contributed by atoms with Gasteiger partial charge in [-0.05, 0) is 36.0 Å². The zero-order valence-corrected chi connectivity index (χ0v) is 11.5. The minimum absolute atomic E-state index is 0.0450. The van der Waals surface area contributed by atoms with Crippen LogP contribution in [0.2, 0.25) is 0 Å². The first-order valence-electron chi connectivity index (χ1n) is 7.26. The van der Waals surface area contributed by atoms with Gasteiger partial charge < -0.3 is 9.84 Å². The monoisotopic (exact) mass is 268 g/mol. The van der Waals surface area contributed by atoms with E-state index < -0.39 is 0 Å². The van der Waals surface area contributed by atoms with E-state index >= 15 is 0 Å². The van der Waals surface area contributed by atoms with Gasteiger partial charge in [-0.1, -0.05) is 54.6 Å². The molecule has 1 fully saturated rings. The summed E-state index contributed by atoms with van der Waals surface area (Å²) < 4.78 is 5.78. The van der Waals surface area contributed by atoms with E-state index in [1.165, 1.54) is 16.7 Å². The van der Waals surface area contributed by atoms with Gasteiger partial charge in [0.05, 0.1) is 18.8 Å². The third-order valence-electron chi connectivity index (χ3n) is 3.92. The molecule has 2 heteroatoms. The molecule has 0 saturated carbocycles. The summed E-state index contributed by atoms with van der Waals surface area (Å²) in [7, 11) is 0. The van der Waals surface area contributed by atoms with Crippen molar-refractivity contribution in [2.75, 3.05) is 6.61 Å². The fourth-order valence-corrected chi connectivity index (χ4v) is 2.79. The number of hydrogen-bond acceptors (Lipinski definition) is 2. The first-order chi connectivity index (χ1) is 9.85. The van der Waals surface area contributed by atoms with Crippen molar-refractivity contribution < 1.29 is 9.84 Å². The molecule has 1 aliphatic heterocycles. The number of benzene rings is 2. The maximum Gasteiger partial charge on any atom is 0.0810 e. The highest BCUT2D eigenvalue weighted by Gasteiger charge is 2.24. The highest BCUT2D eigenvalue weighted by Crippen LogP contribution is 2.24. The molecule has 2 atom stereocenters. The van der Waals surface area contributed by atoms with E-state index in [-0.39, 0.29) is 18.8 Å². The van der Waals surface area contributed by atoms with Gasteiger partial charge in [0, 0.05) is 0 Å². The van der Waals surface area contributed by atoms with E-state index in [0.29, 0.717) is 0 Å². The summed E-state index contributed by atoms with van der Waals surface area (Å²) in [5, 5.41) is 9.09. The van der Waals surface area contributed by atoms with E-state index in [0.717, 1.165) is 19.3 Å². The van der Waals surface area contributed by atoms with Crippen LogP contribution in [-0.4, -0.2) is 23.9 Å². The van der Waals surface area contributed by atoms with E-state index in [2.05, 4.69) is 48.5 Å². The van der Waals surface area contributed by atoms with Gasteiger partial charge in [0.25, 0.3) is 0 Å². The smallest absolute Gasteiger partial charge is 0.0810 e. The molecule has 0 aromatic heterocycles. The van der Waals surface area contributed by atoms with Gasteiger partial charge in [-0.2, -0.15) is 0 Å². The third-order valence-corrected chi connectivity index (χ3v) is 3.92. The van der Waals surface area contributed by atoms with Crippen molar-refractivity contribution >= 4 is 0 Å². The highest BCUT2D eigenvalue weighted by molar-refractivity contribution is 5.63. The number of aliphatic hydroxyl groups is 1. The number of rotatable bonds is 4. The lowest BCUT2D eigenvalue weighted by molar-refractivity contribution is 0.0123. The fraction of sp³-hybridized carbons (Fsp3) is 0.333. The molecule has 104 valence electrons. The Morgan fingerprint density at radius 3 is 2.15 bits per heavy atom. The van der Waals surface area contributed by atoms with Crippen LogP contribution in [0.25, 0.3) is 11.1 Å². The molecule has 0 aliphatic carbocycles. The average Bonchev–Trinajstić information content (AvgIpc) is 2.97. The Labute approximate surface area is 120 Å². The molecule has 0 radical (unpaired) electrons. The largest absolute Gasteiger partial charge is 0.394 e. The summed E-state index contributed by atoms with van der Waals surface area (Å²) in [6, 6.07) is 19.1. The van der Waals surface area contributed by atoms with Gasteiger partial charge in [-0.25, -0.2) is 0 Å². The average molecular weight is 268 g/mol. The van der Waals surface area contributed by atoms with Crippen molar-refractivity contribution in [2.45, 2.75) is 31.5 Å². The molecule has 1 saturated heterocycles. The first kappa shape index (κ1) is 13.3. The van der Waals surface area contributed by atoms with Gasteiger partial charge in [-0.15, -0.1) is 0 Å². The van der Waals surface area contributed by atoms with Crippen molar-refractivity contribution in [3.05, 3.63) is 60.2 Å². The maximum absolute atomic E-state index is 9.09. The summed E-state index contributed by atoms with van der Waals surface area (Å²) in [5.41, 5.74) is 3.79. The van der Waals surface area contributed by atoms with Crippen LogP contribution < -0.4 is 0 Å². The highest BCUT2D eigenvalue weighted by atomic mass is 16.5. The molecular weight excluding hydrogens is 248 g/mol. The second-order valence-electron chi connectivity index (χ2n) is 5.41. The van der Waals surface area contributed by atoms with Crippen LogP contribution >= 0.6 is 0 Å². The van der Waals surface area contributed by atoms with Gasteiger partial charge >= 0.3 is 0 Å². The minimum Gasteiger partial charge on any atom is -0.394 e. The predicted octanol–water partition coefficient (Wildman–Crippen LogP) is 3.44. The second-order valence-corrected chi connectivity index (χ2v) is 5.41. The Bertz CT molecular complexity index is 533. The second kappa shape index (κ2) is 6.21. The molecule has 2 aromatic rings. The first-order valence-corrected chi connectivity index (χ1v) is 7.26. The van der Waals surface area contributed by atoms with Crippen molar-refractivity contribution in [1.82, 2.24) is 0 Å². The van der Waals surface area contributed by atoms with Crippen LogP contribution in [0.5, 0.6) is 0 Å². The van der Waals surface area contributed by atoms with Crippen LogP contribution in [0.15, 0.2) is 54.6 Å². The lowest BCUT2D eigenvalue weighted by Crippen LogP contribution is -2.16. The third kappa shape index (κ3) is 3.09. The van der Waals surface area contributed by atoms with Gasteiger partial charge in [0.2, 0.25) is 0 Å². The summed E-state index contributed by atoms with van der Waals surface area (Å²) >= 11 is 0. The van der Waals surface area contributed by atoms with Crippen molar-refractivity contribution in [1.29, 1.82) is 0 Å². The van der Waals surface area contributed by atoms with Crippen LogP contribution in [0.3, 0.4) is 0 Å². The van der Waals surface area contributed by atoms with Gasteiger partial charge in [0.1, 0.15) is 0 Å². The lowest BCUT2D eigenvalue weighted by Gasteiger charge is -2.12. The summed E-state index contributed by atoms with van der Waals surface area (Å²) in [5.74, 6) is 0. The van der Waals surface area contributed by atoms with Crippen LogP contribution in [0.4, 0.5) is 0 Å². The molecule has 0 spiro atoms. The molecule has 20 heavy (non-hydrogen) atoms. The lowest BCUT2D eigenvalue weighted by atomic mass is 10.0. The Kier molecular flexibility index (Phi) is 4.14. The Morgan fingerprint density at radius 1 is 0.850 bits per heavy atom. The number of aliphatic hydroxyl groups excluding tert-OH is 1. The topological polar surface area (TPSA) is 29.5 Å². The molecule has 0 amide bonds. The standard InChI is InChI=1S/C18H20O2/c19-13-18-11-10-17(20-18)12-14-6-8-16(9-7-14)15-4-2-1-3-5-15/h1-9,17-19H,10-13H2/t17-,18-/m0/s1. The predicted molar refractivity (Wildman–Crippen MR) is 80.6 cm³/mol. The van der Waals surface area contributed by atoms with E-state index in [1.54, 1.807) is 0 Å². The molecule has 0 unspecified atom stereocenters. The molecule has 3 rings (SSSR count). The summed E-state index contributed by atoms with van der Waals surface area (Å²) in [6.07, 6.45) is 3.26. The van der Waals surface area contributed by atoms with E-state index in [4.69, 9.17) is 9.84 Å². The zero-order valence-electron chi connectivity index (χ0n) is 11.5. The van der Waals surface area contributed by atoms with E-state index in [9.17, 15) is 0 Å². The molecule has 1 aliphatic rings. The fourth-order valence-electron chi connectivity index (χ4n) is 2.79. The summed E-state index contributed by atoms with van der Waals surface area (Å²) in [6.45, 7) is 0.142.